The first-order chi connectivity index (χ1) is 20.7. The summed E-state index contributed by atoms with van der Waals surface area (Å²) >= 11 is 0. The van der Waals surface area contributed by atoms with E-state index in [9.17, 15) is 13.6 Å². The second-order valence-corrected chi connectivity index (χ2v) is 11.8. The number of hydrogen-bond acceptors (Lipinski definition) is 5. The fourth-order valence-electron chi connectivity index (χ4n) is 4.56. The number of amides is 1. The van der Waals surface area contributed by atoms with Crippen LogP contribution in [0.25, 0.3) is 0 Å². The molecule has 1 unspecified atom stereocenters. The van der Waals surface area contributed by atoms with Gasteiger partial charge in [-0.3, -0.25) is 4.99 Å². The van der Waals surface area contributed by atoms with Gasteiger partial charge < -0.3 is 14.5 Å². The van der Waals surface area contributed by atoms with Crippen LogP contribution < -0.4 is 0 Å². The SMILES string of the molecule is CC/C=C/C=C(C#N)\C=C(/C)CCC.C\C=C(C(/C(C)=N/C=C/CC)=C(/C)N1CCN(C(=O)OC(C)(C)C)C(C)C1)\C(F)F. The van der Waals surface area contributed by atoms with E-state index in [1.54, 1.807) is 24.9 Å². The second kappa shape index (κ2) is 21.3. The number of halogens is 2. The Kier molecular flexibility index (Phi) is 19.6. The maximum absolute atomic E-state index is 13.8. The number of aliphatic imine (C=N–C) groups is 1. The fraction of sp³-hybridized carbons (Fsp3) is 0.583. The lowest BCUT2D eigenvalue weighted by Gasteiger charge is -2.42. The molecule has 0 aromatic carbocycles. The quantitative estimate of drug-likeness (QED) is 0.132. The third-order valence-corrected chi connectivity index (χ3v) is 6.72. The van der Waals surface area contributed by atoms with E-state index >= 15 is 0 Å². The molecule has 1 heterocycles. The molecule has 1 amide bonds. The first kappa shape index (κ1) is 40.5. The molecule has 1 aliphatic rings. The predicted octanol–water partition coefficient (Wildman–Crippen LogP) is 9.95. The van der Waals surface area contributed by atoms with Crippen LogP contribution in [0.1, 0.15) is 102 Å². The molecule has 0 spiro atoms. The third kappa shape index (κ3) is 15.3. The van der Waals surface area contributed by atoms with Gasteiger partial charge in [-0.25, -0.2) is 13.6 Å². The Morgan fingerprint density at radius 2 is 1.75 bits per heavy atom. The van der Waals surface area contributed by atoms with Crippen molar-refractivity contribution >= 4 is 11.8 Å². The van der Waals surface area contributed by atoms with Gasteiger partial charge in [-0.05, 0) is 86.8 Å². The van der Waals surface area contributed by atoms with Gasteiger partial charge in [0.1, 0.15) is 5.60 Å². The zero-order chi connectivity index (χ0) is 33.9. The minimum absolute atomic E-state index is 0.0270. The summed E-state index contributed by atoms with van der Waals surface area (Å²) in [5.41, 5.74) is 3.17. The Hall–Kier alpha value is -3.47. The van der Waals surface area contributed by atoms with E-state index in [2.05, 4.69) is 36.7 Å². The molecule has 1 saturated heterocycles. The number of ether oxygens (including phenoxy) is 1. The highest BCUT2D eigenvalue weighted by molar-refractivity contribution is 6.03. The molecule has 1 fully saturated rings. The Labute approximate surface area is 266 Å². The third-order valence-electron chi connectivity index (χ3n) is 6.72. The van der Waals surface area contributed by atoms with Crippen LogP contribution in [-0.2, 0) is 4.74 Å². The summed E-state index contributed by atoms with van der Waals surface area (Å²) in [5, 5.41) is 8.85. The number of alkyl halides is 2. The number of piperazine rings is 1. The highest BCUT2D eigenvalue weighted by Crippen LogP contribution is 2.27. The first-order valence-electron chi connectivity index (χ1n) is 15.7. The Bertz CT molecular complexity index is 1160. The van der Waals surface area contributed by atoms with Crippen molar-refractivity contribution in [3.63, 3.8) is 0 Å². The number of carbonyl (C=O) groups excluding carboxylic acids is 1. The smallest absolute Gasteiger partial charge is 0.410 e. The Morgan fingerprint density at radius 1 is 1.11 bits per heavy atom. The monoisotopic (exact) mass is 614 g/mol. The molecule has 1 aliphatic heterocycles. The molecule has 0 aliphatic carbocycles. The molecule has 44 heavy (non-hydrogen) atoms. The summed E-state index contributed by atoms with van der Waals surface area (Å²) in [5.74, 6) is 0. The molecule has 0 saturated carbocycles. The molecule has 246 valence electrons. The number of rotatable bonds is 11. The number of nitriles is 1. The highest BCUT2D eigenvalue weighted by atomic mass is 19.3. The zero-order valence-electron chi connectivity index (χ0n) is 29.0. The van der Waals surface area contributed by atoms with Gasteiger partial charge in [-0.1, -0.05) is 57.1 Å². The van der Waals surface area contributed by atoms with Gasteiger partial charge in [-0.2, -0.15) is 5.26 Å². The van der Waals surface area contributed by atoms with Crippen LogP contribution in [0.3, 0.4) is 0 Å². The van der Waals surface area contributed by atoms with Gasteiger partial charge in [0.2, 0.25) is 0 Å². The van der Waals surface area contributed by atoms with E-state index < -0.39 is 12.0 Å². The van der Waals surface area contributed by atoms with Crippen LogP contribution >= 0.6 is 0 Å². The zero-order valence-corrected chi connectivity index (χ0v) is 29.0. The number of hydrogen-bond donors (Lipinski definition) is 0. The molecule has 6 nitrogen and oxygen atoms in total. The molecular formula is C36H56F2N4O2. The van der Waals surface area contributed by atoms with E-state index in [1.165, 1.54) is 11.6 Å². The summed E-state index contributed by atoms with van der Waals surface area (Å²) in [4.78, 5) is 20.6. The molecule has 1 atom stereocenters. The molecule has 0 aromatic heterocycles. The minimum Gasteiger partial charge on any atom is -0.444 e. The molecule has 1 rings (SSSR count). The van der Waals surface area contributed by atoms with Crippen LogP contribution in [0.4, 0.5) is 13.6 Å². The van der Waals surface area contributed by atoms with E-state index in [1.807, 2.05) is 71.9 Å². The van der Waals surface area contributed by atoms with Gasteiger partial charge >= 0.3 is 6.09 Å². The predicted molar refractivity (Wildman–Crippen MR) is 181 cm³/mol. The van der Waals surface area contributed by atoms with Gasteiger partial charge in [0.15, 0.2) is 0 Å². The largest absolute Gasteiger partial charge is 0.444 e. The number of nitrogens with zero attached hydrogens (tertiary/aromatic N) is 4. The van der Waals surface area contributed by atoms with Crippen LogP contribution in [0.2, 0.25) is 0 Å². The molecule has 8 heteroatoms. The molecule has 0 bridgehead atoms. The van der Waals surface area contributed by atoms with E-state index in [4.69, 9.17) is 10.00 Å². The number of allylic oxidation sites excluding steroid dienone is 11. The van der Waals surface area contributed by atoms with Gasteiger partial charge in [0.25, 0.3) is 6.43 Å². The van der Waals surface area contributed by atoms with Crippen LogP contribution in [-0.4, -0.2) is 59.3 Å². The van der Waals surface area contributed by atoms with Crippen molar-refractivity contribution in [3.8, 4) is 6.07 Å². The highest BCUT2D eigenvalue weighted by Gasteiger charge is 2.32. The van der Waals surface area contributed by atoms with Crippen molar-refractivity contribution in [1.29, 1.82) is 5.26 Å². The Morgan fingerprint density at radius 3 is 2.23 bits per heavy atom. The summed E-state index contributed by atoms with van der Waals surface area (Å²) in [6, 6.07) is 2.08. The van der Waals surface area contributed by atoms with Gasteiger partial charge in [0, 0.05) is 54.4 Å². The number of carbonyl (C=O) groups is 1. The first-order valence-corrected chi connectivity index (χ1v) is 15.7. The maximum atomic E-state index is 13.8. The van der Waals surface area contributed by atoms with E-state index in [0.29, 0.717) is 30.9 Å². The van der Waals surface area contributed by atoms with E-state index in [-0.39, 0.29) is 17.7 Å². The lowest BCUT2D eigenvalue weighted by atomic mass is 9.98. The van der Waals surface area contributed by atoms with E-state index in [0.717, 1.165) is 37.0 Å². The van der Waals surface area contributed by atoms with Crippen LogP contribution in [0.15, 0.2) is 75.6 Å². The van der Waals surface area contributed by atoms with Crippen LogP contribution in [0, 0.1) is 11.3 Å². The van der Waals surface area contributed by atoms with Crippen molar-refractivity contribution in [3.05, 3.63) is 70.6 Å². The van der Waals surface area contributed by atoms with Gasteiger partial charge in [0.05, 0.1) is 11.6 Å². The fourth-order valence-corrected chi connectivity index (χ4v) is 4.56. The topological polar surface area (TPSA) is 68.9 Å². The van der Waals surface area contributed by atoms with Gasteiger partial charge in [-0.15, -0.1) is 0 Å². The van der Waals surface area contributed by atoms with Crippen molar-refractivity contribution in [2.75, 3.05) is 19.6 Å². The average molecular weight is 615 g/mol. The molecule has 0 N–H and O–H groups in total. The summed E-state index contributed by atoms with van der Waals surface area (Å²) in [6.45, 7) is 22.5. The van der Waals surface area contributed by atoms with Crippen LogP contribution in [0.5, 0.6) is 0 Å². The molecule has 0 aromatic rings. The lowest BCUT2D eigenvalue weighted by Crippen LogP contribution is -2.54. The van der Waals surface area contributed by atoms with Crippen molar-refractivity contribution in [2.45, 2.75) is 120 Å². The summed E-state index contributed by atoms with van der Waals surface area (Å²) in [6.07, 6.45) is 13.9. The lowest BCUT2D eigenvalue weighted by molar-refractivity contribution is 0.00493. The summed E-state index contributed by atoms with van der Waals surface area (Å²) < 4.78 is 33.0. The van der Waals surface area contributed by atoms with Crippen molar-refractivity contribution < 1.29 is 18.3 Å². The van der Waals surface area contributed by atoms with Crippen molar-refractivity contribution in [2.24, 2.45) is 4.99 Å². The van der Waals surface area contributed by atoms with Crippen molar-refractivity contribution in [1.82, 2.24) is 9.80 Å². The maximum Gasteiger partial charge on any atom is 0.410 e. The summed E-state index contributed by atoms with van der Waals surface area (Å²) in [7, 11) is 0. The second-order valence-electron chi connectivity index (χ2n) is 11.8. The average Bonchev–Trinajstić information content (AvgIpc) is 2.94. The molecular weight excluding hydrogens is 558 g/mol. The molecule has 0 radical (unpaired) electrons. The normalized spacial score (nSPS) is 18.0. The Balaban J connectivity index is 0.00000111. The minimum atomic E-state index is -2.60. The standard InChI is InChI=1S/C23H37F2N3O2.C13H19N/c1-9-11-12-26-17(4)20(19(10-2)21(24)25)18(5)27-13-14-28(16(3)15-27)22(29)30-23(6,7)8;1-4-6-7-9-13(11-14)10-12(3)8-5-2/h10-12,16,21H,9,13-15H2,1-8H3;6-7,9-10H,4-5,8H2,1-3H3/b12-11+,19-10+,20-18-,26-17+;7-6+,12-10+,13-9+.